The maximum absolute atomic E-state index is 12.0. The van der Waals surface area contributed by atoms with E-state index in [1.807, 2.05) is 31.2 Å². The van der Waals surface area contributed by atoms with Crippen LogP contribution in [0, 0.1) is 5.92 Å². The second kappa shape index (κ2) is 8.54. The third kappa shape index (κ3) is 4.84. The van der Waals surface area contributed by atoms with Gasteiger partial charge < -0.3 is 15.4 Å². The van der Waals surface area contributed by atoms with E-state index < -0.39 is 0 Å². The van der Waals surface area contributed by atoms with Crippen molar-refractivity contribution in [2.45, 2.75) is 32.6 Å². The lowest BCUT2D eigenvalue weighted by Crippen LogP contribution is -2.32. The Bertz CT molecular complexity index is 516. The fourth-order valence-electron chi connectivity index (χ4n) is 2.59. The summed E-state index contributed by atoms with van der Waals surface area (Å²) in [6.45, 7) is 3.94. The Hall–Kier alpha value is -1.88. The lowest BCUT2D eigenvalue weighted by Gasteiger charge is -2.24. The average Bonchev–Trinajstić information content (AvgIpc) is 2.52. The number of hydrogen-bond acceptors (Lipinski definition) is 3. The predicted molar refractivity (Wildman–Crippen MR) is 85.6 cm³/mol. The van der Waals surface area contributed by atoms with E-state index >= 15 is 0 Å². The molecule has 1 heterocycles. The van der Waals surface area contributed by atoms with Gasteiger partial charge in [-0.2, -0.15) is 0 Å². The molecule has 0 saturated heterocycles. The number of hydrogen-bond donors (Lipinski definition) is 2. The highest BCUT2D eigenvalue weighted by Gasteiger charge is 2.26. The Labute approximate surface area is 131 Å². The molecule has 0 aromatic heterocycles. The number of amides is 2. The number of ether oxygens (including phenoxy) is 1. The average molecular weight is 304 g/mol. The van der Waals surface area contributed by atoms with E-state index in [0.29, 0.717) is 39.0 Å². The van der Waals surface area contributed by atoms with Gasteiger partial charge in [0.2, 0.25) is 11.8 Å². The standard InChI is InChI=1S/C17H24N2O3/c1-2-22-11-5-10-18-16(20)9-8-14-12-13-6-3-4-7-15(13)19-17(14)21/h3-4,6-7,14H,2,5,8-12H2,1H3,(H,18,20)(H,19,21)/t14-/m1/s1. The van der Waals surface area contributed by atoms with Gasteiger partial charge in [0.15, 0.2) is 0 Å². The summed E-state index contributed by atoms with van der Waals surface area (Å²) in [6.07, 6.45) is 2.49. The summed E-state index contributed by atoms with van der Waals surface area (Å²) in [5.41, 5.74) is 2.04. The fraction of sp³-hybridized carbons (Fsp3) is 0.529. The van der Waals surface area contributed by atoms with Crippen molar-refractivity contribution in [2.75, 3.05) is 25.1 Å². The Morgan fingerprint density at radius 3 is 3.05 bits per heavy atom. The largest absolute Gasteiger partial charge is 0.382 e. The van der Waals surface area contributed by atoms with Crippen LogP contribution in [0.15, 0.2) is 24.3 Å². The number of benzene rings is 1. The van der Waals surface area contributed by atoms with Gasteiger partial charge in [0.05, 0.1) is 0 Å². The molecular formula is C17H24N2O3. The minimum absolute atomic E-state index is 0.00292. The number of carbonyl (C=O) groups is 2. The van der Waals surface area contributed by atoms with E-state index in [9.17, 15) is 9.59 Å². The molecule has 1 aliphatic heterocycles. The van der Waals surface area contributed by atoms with Gasteiger partial charge in [0.1, 0.15) is 0 Å². The molecule has 1 aliphatic rings. The number of carbonyl (C=O) groups excluding carboxylic acids is 2. The minimum Gasteiger partial charge on any atom is -0.382 e. The van der Waals surface area contributed by atoms with E-state index in [-0.39, 0.29) is 17.7 Å². The summed E-state index contributed by atoms with van der Waals surface area (Å²) < 4.78 is 5.21. The summed E-state index contributed by atoms with van der Waals surface area (Å²) in [5.74, 6) is -0.102. The molecule has 0 unspecified atom stereocenters. The Morgan fingerprint density at radius 1 is 1.41 bits per heavy atom. The first-order valence-electron chi connectivity index (χ1n) is 7.94. The number of anilines is 1. The van der Waals surface area contributed by atoms with Gasteiger partial charge in [-0.25, -0.2) is 0 Å². The molecule has 2 N–H and O–H groups in total. The molecule has 5 nitrogen and oxygen atoms in total. The molecule has 1 aromatic carbocycles. The Morgan fingerprint density at radius 2 is 2.23 bits per heavy atom. The summed E-state index contributed by atoms with van der Waals surface area (Å²) in [4.78, 5) is 23.8. The number of rotatable bonds is 8. The van der Waals surface area contributed by atoms with Gasteiger partial charge in [-0.3, -0.25) is 9.59 Å². The maximum atomic E-state index is 12.0. The predicted octanol–water partition coefficient (Wildman–Crippen LogP) is 2.12. The van der Waals surface area contributed by atoms with Crippen LogP contribution in [0.25, 0.3) is 0 Å². The van der Waals surface area contributed by atoms with Crippen molar-refractivity contribution in [2.24, 2.45) is 5.92 Å². The third-order valence-electron chi connectivity index (χ3n) is 3.82. The molecule has 0 aliphatic carbocycles. The SMILES string of the molecule is CCOCCCNC(=O)CC[C@@H]1Cc2ccccc2NC1=O. The molecule has 2 amide bonds. The first-order valence-corrected chi connectivity index (χ1v) is 7.94. The molecule has 0 bridgehead atoms. The fourth-order valence-corrected chi connectivity index (χ4v) is 2.59. The van der Waals surface area contributed by atoms with Crippen molar-refractivity contribution in [1.29, 1.82) is 0 Å². The molecule has 0 saturated carbocycles. The number of nitrogens with one attached hydrogen (secondary N) is 2. The van der Waals surface area contributed by atoms with Crippen molar-refractivity contribution >= 4 is 17.5 Å². The van der Waals surface area contributed by atoms with Crippen molar-refractivity contribution in [3.63, 3.8) is 0 Å². The van der Waals surface area contributed by atoms with Gasteiger partial charge in [0, 0.05) is 37.8 Å². The Kier molecular flexibility index (Phi) is 6.40. The molecule has 0 radical (unpaired) electrons. The molecular weight excluding hydrogens is 280 g/mol. The zero-order chi connectivity index (χ0) is 15.8. The summed E-state index contributed by atoms with van der Waals surface area (Å²) in [5, 5.41) is 5.78. The summed E-state index contributed by atoms with van der Waals surface area (Å²) >= 11 is 0. The van der Waals surface area contributed by atoms with Crippen molar-refractivity contribution in [3.05, 3.63) is 29.8 Å². The van der Waals surface area contributed by atoms with E-state index in [4.69, 9.17) is 4.74 Å². The van der Waals surface area contributed by atoms with Crippen LogP contribution in [0.5, 0.6) is 0 Å². The smallest absolute Gasteiger partial charge is 0.227 e. The molecule has 2 rings (SSSR count). The first kappa shape index (κ1) is 16.5. The molecule has 5 heteroatoms. The van der Waals surface area contributed by atoms with E-state index in [0.717, 1.165) is 17.7 Å². The molecule has 0 fully saturated rings. The molecule has 22 heavy (non-hydrogen) atoms. The van der Waals surface area contributed by atoms with Gasteiger partial charge >= 0.3 is 0 Å². The zero-order valence-corrected chi connectivity index (χ0v) is 13.1. The van der Waals surface area contributed by atoms with Crippen LogP contribution in [0.2, 0.25) is 0 Å². The quantitative estimate of drug-likeness (QED) is 0.723. The lowest BCUT2D eigenvalue weighted by atomic mass is 9.89. The van der Waals surface area contributed by atoms with Crippen molar-refractivity contribution in [3.8, 4) is 0 Å². The summed E-state index contributed by atoms with van der Waals surface area (Å²) in [7, 11) is 0. The van der Waals surface area contributed by atoms with E-state index in [1.54, 1.807) is 0 Å². The molecule has 1 atom stereocenters. The van der Waals surface area contributed by atoms with Gasteiger partial charge in [-0.1, -0.05) is 18.2 Å². The summed E-state index contributed by atoms with van der Waals surface area (Å²) in [6, 6.07) is 7.82. The van der Waals surface area contributed by atoms with E-state index in [2.05, 4.69) is 10.6 Å². The highest BCUT2D eigenvalue weighted by Crippen LogP contribution is 2.27. The first-order chi connectivity index (χ1) is 10.7. The maximum Gasteiger partial charge on any atom is 0.227 e. The van der Waals surface area contributed by atoms with E-state index in [1.165, 1.54) is 0 Å². The highest BCUT2D eigenvalue weighted by molar-refractivity contribution is 5.96. The van der Waals surface area contributed by atoms with Crippen LogP contribution in [0.4, 0.5) is 5.69 Å². The zero-order valence-electron chi connectivity index (χ0n) is 13.1. The molecule has 120 valence electrons. The van der Waals surface area contributed by atoms with Crippen LogP contribution in [-0.2, 0) is 20.7 Å². The lowest BCUT2D eigenvalue weighted by molar-refractivity contribution is -0.122. The normalized spacial score (nSPS) is 16.8. The van der Waals surface area contributed by atoms with Gasteiger partial charge in [0.25, 0.3) is 0 Å². The second-order valence-electron chi connectivity index (χ2n) is 5.49. The Balaban J connectivity index is 1.71. The second-order valence-corrected chi connectivity index (χ2v) is 5.49. The van der Waals surface area contributed by atoms with Crippen molar-refractivity contribution < 1.29 is 14.3 Å². The minimum atomic E-state index is -0.121. The topological polar surface area (TPSA) is 67.4 Å². The van der Waals surface area contributed by atoms with Crippen LogP contribution >= 0.6 is 0 Å². The van der Waals surface area contributed by atoms with Crippen molar-refractivity contribution in [1.82, 2.24) is 5.32 Å². The van der Waals surface area contributed by atoms with Gasteiger partial charge in [-0.05, 0) is 37.8 Å². The number of para-hydroxylation sites is 1. The third-order valence-corrected chi connectivity index (χ3v) is 3.82. The van der Waals surface area contributed by atoms with Crippen LogP contribution < -0.4 is 10.6 Å². The van der Waals surface area contributed by atoms with Gasteiger partial charge in [-0.15, -0.1) is 0 Å². The van der Waals surface area contributed by atoms with Crippen LogP contribution in [0.1, 0.15) is 31.7 Å². The monoisotopic (exact) mass is 304 g/mol. The van der Waals surface area contributed by atoms with Crippen LogP contribution in [0.3, 0.4) is 0 Å². The van der Waals surface area contributed by atoms with Crippen LogP contribution in [-0.4, -0.2) is 31.6 Å². The molecule has 1 aromatic rings. The molecule has 0 spiro atoms. The highest BCUT2D eigenvalue weighted by atomic mass is 16.5. The number of fused-ring (bicyclic) bond motifs is 1.